The average molecular weight is 215 g/mol. The molecule has 0 saturated carbocycles. The number of ether oxygens (including phenoxy) is 1. The van der Waals surface area contributed by atoms with Crippen molar-refractivity contribution in [2.75, 3.05) is 0 Å². The van der Waals surface area contributed by atoms with Gasteiger partial charge in [0.15, 0.2) is 10.6 Å². The monoisotopic (exact) mass is 215 g/mol. The Morgan fingerprint density at radius 3 is 2.43 bits per heavy atom. The van der Waals surface area contributed by atoms with Gasteiger partial charge in [0, 0.05) is 7.05 Å². The molecular formula is C9H17N3OS. The van der Waals surface area contributed by atoms with Gasteiger partial charge >= 0.3 is 0 Å². The maximum absolute atomic E-state index is 5.77. The molecule has 1 N–H and O–H groups in total. The van der Waals surface area contributed by atoms with E-state index in [-0.39, 0.29) is 6.10 Å². The van der Waals surface area contributed by atoms with Gasteiger partial charge in [0.25, 0.3) is 0 Å². The predicted molar refractivity (Wildman–Crippen MR) is 57.6 cm³/mol. The van der Waals surface area contributed by atoms with Gasteiger partial charge in [-0.3, -0.25) is 5.10 Å². The Balaban J connectivity index is 3.03. The molecule has 14 heavy (non-hydrogen) atoms. The molecule has 1 heterocycles. The van der Waals surface area contributed by atoms with Crippen LogP contribution >= 0.6 is 12.2 Å². The Morgan fingerprint density at radius 2 is 2.07 bits per heavy atom. The number of H-pyrrole nitrogens is 1. The highest BCUT2D eigenvalue weighted by Gasteiger charge is 2.27. The molecule has 0 atom stereocenters. The predicted octanol–water partition coefficient (Wildman–Crippen LogP) is 2.14. The van der Waals surface area contributed by atoms with E-state index in [1.165, 1.54) is 0 Å². The zero-order chi connectivity index (χ0) is 10.9. The summed E-state index contributed by atoms with van der Waals surface area (Å²) in [6.07, 6.45) is 0.162. The lowest BCUT2D eigenvalue weighted by Crippen LogP contribution is -2.28. The number of nitrogens with one attached hydrogen (secondary N) is 1. The van der Waals surface area contributed by atoms with E-state index in [1.807, 2.05) is 39.3 Å². The summed E-state index contributed by atoms with van der Waals surface area (Å²) in [6.45, 7) is 7.97. The zero-order valence-electron chi connectivity index (χ0n) is 9.29. The molecule has 1 rings (SSSR count). The molecule has 0 aliphatic rings. The van der Waals surface area contributed by atoms with Crippen LogP contribution in [-0.2, 0) is 17.4 Å². The van der Waals surface area contributed by atoms with Crippen LogP contribution in [0.4, 0.5) is 0 Å². The summed E-state index contributed by atoms with van der Waals surface area (Å²) >= 11 is 5.05. The van der Waals surface area contributed by atoms with Gasteiger partial charge in [-0.25, -0.2) is 0 Å². The fourth-order valence-electron chi connectivity index (χ4n) is 1.53. The summed E-state index contributed by atoms with van der Waals surface area (Å²) in [6, 6.07) is 0. The summed E-state index contributed by atoms with van der Waals surface area (Å²) in [5.41, 5.74) is -0.420. The summed E-state index contributed by atoms with van der Waals surface area (Å²) in [4.78, 5) is 0. The minimum Gasteiger partial charge on any atom is -0.365 e. The number of nitrogens with zero attached hydrogens (tertiary/aromatic N) is 2. The van der Waals surface area contributed by atoms with E-state index >= 15 is 0 Å². The molecule has 1 aromatic rings. The van der Waals surface area contributed by atoms with Crippen LogP contribution in [0.5, 0.6) is 0 Å². The first-order valence-electron chi connectivity index (χ1n) is 4.64. The third-order valence-corrected chi connectivity index (χ3v) is 2.31. The molecular weight excluding hydrogens is 198 g/mol. The Kier molecular flexibility index (Phi) is 3.11. The molecule has 4 nitrogen and oxygen atoms in total. The van der Waals surface area contributed by atoms with Crippen molar-refractivity contribution in [2.45, 2.75) is 39.4 Å². The summed E-state index contributed by atoms with van der Waals surface area (Å²) in [7, 11) is 1.88. The number of aromatic amines is 1. The van der Waals surface area contributed by atoms with Gasteiger partial charge in [0.05, 0.1) is 6.10 Å². The molecule has 0 aliphatic carbocycles. The number of hydrogen-bond donors (Lipinski definition) is 1. The van der Waals surface area contributed by atoms with Gasteiger partial charge in [-0.2, -0.15) is 5.10 Å². The summed E-state index contributed by atoms with van der Waals surface area (Å²) in [5, 5.41) is 6.91. The third-order valence-electron chi connectivity index (χ3n) is 1.95. The van der Waals surface area contributed by atoms with Gasteiger partial charge in [-0.05, 0) is 39.9 Å². The van der Waals surface area contributed by atoms with Crippen LogP contribution in [0.3, 0.4) is 0 Å². The molecule has 0 aliphatic heterocycles. The third kappa shape index (κ3) is 2.22. The molecule has 0 aromatic carbocycles. The second-order valence-corrected chi connectivity index (χ2v) is 4.47. The van der Waals surface area contributed by atoms with Crippen molar-refractivity contribution >= 4 is 12.2 Å². The minimum absolute atomic E-state index is 0.162. The van der Waals surface area contributed by atoms with Crippen molar-refractivity contribution in [3.8, 4) is 0 Å². The van der Waals surface area contributed by atoms with Crippen LogP contribution in [0.1, 0.15) is 33.5 Å². The molecule has 5 heteroatoms. The fraction of sp³-hybridized carbons (Fsp3) is 0.778. The van der Waals surface area contributed by atoms with Crippen molar-refractivity contribution in [1.29, 1.82) is 0 Å². The largest absolute Gasteiger partial charge is 0.365 e. The van der Waals surface area contributed by atoms with E-state index < -0.39 is 5.60 Å². The standard InChI is InChI=1S/C9H17N3OS/c1-6(2)13-9(3,4)7-10-11-8(14)12(7)5/h6H,1-5H3,(H,11,14). The highest BCUT2D eigenvalue weighted by molar-refractivity contribution is 7.71. The number of hydrogen-bond acceptors (Lipinski definition) is 3. The SMILES string of the molecule is CC(C)OC(C)(C)c1n[nH]c(=S)n1C. The lowest BCUT2D eigenvalue weighted by atomic mass is 10.1. The second kappa shape index (κ2) is 3.82. The zero-order valence-corrected chi connectivity index (χ0v) is 10.1. The first kappa shape index (κ1) is 11.4. The van der Waals surface area contributed by atoms with E-state index in [9.17, 15) is 0 Å². The van der Waals surface area contributed by atoms with E-state index in [0.717, 1.165) is 5.82 Å². The highest BCUT2D eigenvalue weighted by Crippen LogP contribution is 2.23. The number of rotatable bonds is 3. The molecule has 0 radical (unpaired) electrons. The molecule has 0 amide bonds. The summed E-state index contributed by atoms with van der Waals surface area (Å²) < 4.78 is 8.21. The average Bonchev–Trinajstić information content (AvgIpc) is 2.30. The first-order valence-corrected chi connectivity index (χ1v) is 5.05. The lowest BCUT2D eigenvalue weighted by molar-refractivity contribution is -0.0673. The van der Waals surface area contributed by atoms with Crippen molar-refractivity contribution in [3.63, 3.8) is 0 Å². The van der Waals surface area contributed by atoms with Gasteiger partial charge in [-0.15, -0.1) is 0 Å². The van der Waals surface area contributed by atoms with Crippen LogP contribution in [0, 0.1) is 4.77 Å². The fourth-order valence-corrected chi connectivity index (χ4v) is 1.66. The van der Waals surface area contributed by atoms with Gasteiger partial charge in [0.1, 0.15) is 5.60 Å². The smallest absolute Gasteiger partial charge is 0.194 e. The molecule has 0 bridgehead atoms. The molecule has 0 fully saturated rings. The molecule has 0 saturated heterocycles. The quantitative estimate of drug-likeness (QED) is 0.785. The van der Waals surface area contributed by atoms with E-state index in [2.05, 4.69) is 10.2 Å². The van der Waals surface area contributed by atoms with Crippen molar-refractivity contribution in [1.82, 2.24) is 14.8 Å². The molecule has 0 spiro atoms. The van der Waals surface area contributed by atoms with Crippen LogP contribution < -0.4 is 0 Å². The highest BCUT2D eigenvalue weighted by atomic mass is 32.1. The van der Waals surface area contributed by atoms with E-state index in [4.69, 9.17) is 17.0 Å². The van der Waals surface area contributed by atoms with Crippen molar-refractivity contribution < 1.29 is 4.74 Å². The number of aromatic nitrogens is 3. The van der Waals surface area contributed by atoms with Gasteiger partial charge in [-0.1, -0.05) is 0 Å². The minimum atomic E-state index is -0.420. The second-order valence-electron chi connectivity index (χ2n) is 4.09. The van der Waals surface area contributed by atoms with Crippen LogP contribution in [0.2, 0.25) is 0 Å². The lowest BCUT2D eigenvalue weighted by Gasteiger charge is -2.26. The molecule has 80 valence electrons. The first-order chi connectivity index (χ1) is 6.34. The Morgan fingerprint density at radius 1 is 1.50 bits per heavy atom. The molecule has 1 aromatic heterocycles. The topological polar surface area (TPSA) is 42.8 Å². The Hall–Kier alpha value is -0.680. The van der Waals surface area contributed by atoms with Crippen LogP contribution in [0.25, 0.3) is 0 Å². The van der Waals surface area contributed by atoms with Gasteiger partial charge in [0.2, 0.25) is 0 Å². The van der Waals surface area contributed by atoms with Crippen LogP contribution in [-0.4, -0.2) is 20.9 Å². The maximum Gasteiger partial charge on any atom is 0.194 e. The maximum atomic E-state index is 5.77. The van der Waals surface area contributed by atoms with Crippen molar-refractivity contribution in [2.24, 2.45) is 7.05 Å². The van der Waals surface area contributed by atoms with E-state index in [0.29, 0.717) is 4.77 Å². The van der Waals surface area contributed by atoms with Crippen molar-refractivity contribution in [3.05, 3.63) is 10.6 Å². The normalized spacial score (nSPS) is 12.4. The Labute approximate surface area is 89.3 Å². The molecule has 0 unspecified atom stereocenters. The van der Waals surface area contributed by atoms with Crippen LogP contribution in [0.15, 0.2) is 0 Å². The Bertz CT molecular complexity index is 364. The summed E-state index contributed by atoms with van der Waals surface area (Å²) in [5.74, 6) is 0.816. The van der Waals surface area contributed by atoms with E-state index in [1.54, 1.807) is 0 Å². The van der Waals surface area contributed by atoms with Gasteiger partial charge < -0.3 is 9.30 Å².